The second-order valence-electron chi connectivity index (χ2n) is 4.29. The molecule has 0 spiro atoms. The van der Waals surface area contributed by atoms with Gasteiger partial charge in [0.2, 0.25) is 0 Å². The van der Waals surface area contributed by atoms with E-state index in [0.717, 1.165) is 24.7 Å². The predicted molar refractivity (Wildman–Crippen MR) is 91.6 cm³/mol. The van der Waals surface area contributed by atoms with Crippen LogP contribution in [0.25, 0.3) is 0 Å². The molecule has 0 amide bonds. The van der Waals surface area contributed by atoms with Crippen LogP contribution in [-0.2, 0) is 9.47 Å². The standard InChI is InChI=1S/C16H20N2O2S2/c1-5-17-6-2-15(1)21-13-11-19-9-10-20-12-14-22-16-3-7-18-8-4-16/h1-8H,9-14H2. The summed E-state index contributed by atoms with van der Waals surface area (Å²) in [5.41, 5.74) is 0. The molecule has 0 saturated heterocycles. The van der Waals surface area contributed by atoms with Crippen molar-refractivity contribution < 1.29 is 9.47 Å². The molecule has 2 aromatic rings. The van der Waals surface area contributed by atoms with Crippen molar-refractivity contribution >= 4 is 23.5 Å². The number of aromatic nitrogens is 2. The monoisotopic (exact) mass is 336 g/mol. The molecule has 0 bridgehead atoms. The topological polar surface area (TPSA) is 44.2 Å². The number of ether oxygens (including phenoxy) is 2. The average molecular weight is 336 g/mol. The maximum absolute atomic E-state index is 5.54. The summed E-state index contributed by atoms with van der Waals surface area (Å²) in [5.74, 6) is 1.89. The van der Waals surface area contributed by atoms with Gasteiger partial charge < -0.3 is 9.47 Å². The van der Waals surface area contributed by atoms with Crippen LogP contribution >= 0.6 is 23.5 Å². The summed E-state index contributed by atoms with van der Waals surface area (Å²) in [6, 6.07) is 8.03. The van der Waals surface area contributed by atoms with Crippen molar-refractivity contribution in [1.82, 2.24) is 9.97 Å². The molecule has 0 aliphatic rings. The summed E-state index contributed by atoms with van der Waals surface area (Å²) in [7, 11) is 0. The smallest absolute Gasteiger partial charge is 0.0700 e. The number of thioether (sulfide) groups is 2. The minimum atomic E-state index is 0.650. The molecule has 0 radical (unpaired) electrons. The van der Waals surface area contributed by atoms with Crippen molar-refractivity contribution in [3.63, 3.8) is 0 Å². The lowest BCUT2D eigenvalue weighted by Crippen LogP contribution is -2.08. The summed E-state index contributed by atoms with van der Waals surface area (Å²) < 4.78 is 11.1. The minimum absolute atomic E-state index is 0.650. The maximum atomic E-state index is 5.54. The molecule has 22 heavy (non-hydrogen) atoms. The molecule has 4 nitrogen and oxygen atoms in total. The number of pyridine rings is 2. The Bertz CT molecular complexity index is 453. The average Bonchev–Trinajstić information content (AvgIpc) is 2.58. The highest BCUT2D eigenvalue weighted by molar-refractivity contribution is 7.99. The zero-order chi connectivity index (χ0) is 15.3. The third-order valence-corrected chi connectivity index (χ3v) is 4.62. The summed E-state index contributed by atoms with van der Waals surface area (Å²) in [4.78, 5) is 10.4. The molecule has 0 fully saturated rings. The van der Waals surface area contributed by atoms with Gasteiger partial charge in [-0.3, -0.25) is 9.97 Å². The van der Waals surface area contributed by atoms with Gasteiger partial charge >= 0.3 is 0 Å². The predicted octanol–water partition coefficient (Wildman–Crippen LogP) is 3.39. The first-order valence-corrected chi connectivity index (χ1v) is 9.13. The van der Waals surface area contributed by atoms with Gasteiger partial charge in [0.05, 0.1) is 26.4 Å². The normalized spacial score (nSPS) is 10.7. The Morgan fingerprint density at radius 2 is 1.05 bits per heavy atom. The molecule has 0 unspecified atom stereocenters. The Labute approximate surface area is 140 Å². The van der Waals surface area contributed by atoms with Crippen LogP contribution in [0.4, 0.5) is 0 Å². The first kappa shape index (κ1) is 17.3. The van der Waals surface area contributed by atoms with E-state index in [9.17, 15) is 0 Å². The summed E-state index contributed by atoms with van der Waals surface area (Å²) >= 11 is 3.55. The molecule has 0 atom stereocenters. The van der Waals surface area contributed by atoms with Gasteiger partial charge in [0.1, 0.15) is 0 Å². The van der Waals surface area contributed by atoms with Gasteiger partial charge in [-0.2, -0.15) is 0 Å². The van der Waals surface area contributed by atoms with E-state index >= 15 is 0 Å². The second kappa shape index (κ2) is 11.5. The van der Waals surface area contributed by atoms with Crippen molar-refractivity contribution in [3.8, 4) is 0 Å². The van der Waals surface area contributed by atoms with E-state index in [1.54, 1.807) is 48.3 Å². The van der Waals surface area contributed by atoms with Crippen LogP contribution in [0.1, 0.15) is 0 Å². The van der Waals surface area contributed by atoms with Crippen LogP contribution in [-0.4, -0.2) is 47.9 Å². The Morgan fingerprint density at radius 1 is 0.636 bits per heavy atom. The lowest BCUT2D eigenvalue weighted by Gasteiger charge is -2.06. The van der Waals surface area contributed by atoms with Gasteiger partial charge in [-0.05, 0) is 24.3 Å². The van der Waals surface area contributed by atoms with Crippen LogP contribution in [0, 0.1) is 0 Å². The van der Waals surface area contributed by atoms with Crippen molar-refractivity contribution in [3.05, 3.63) is 49.1 Å². The van der Waals surface area contributed by atoms with E-state index in [1.807, 2.05) is 24.3 Å². The molecule has 2 heterocycles. The Balaban J connectivity index is 1.37. The molecule has 0 aliphatic heterocycles. The maximum Gasteiger partial charge on any atom is 0.0700 e. The van der Waals surface area contributed by atoms with Crippen LogP contribution in [0.2, 0.25) is 0 Å². The molecule has 0 aromatic carbocycles. The molecule has 0 N–H and O–H groups in total. The van der Waals surface area contributed by atoms with Crippen molar-refractivity contribution in [2.75, 3.05) is 37.9 Å². The molecular weight excluding hydrogens is 316 g/mol. The summed E-state index contributed by atoms with van der Waals surface area (Å²) in [6.07, 6.45) is 7.23. The number of nitrogens with zero attached hydrogens (tertiary/aromatic N) is 2. The molecule has 2 rings (SSSR count). The Hall–Kier alpha value is -1.08. The SMILES string of the molecule is c1cc(SCCOCCOCCSc2ccncc2)ccn1. The van der Waals surface area contributed by atoms with Gasteiger partial charge in [0.25, 0.3) is 0 Å². The zero-order valence-corrected chi connectivity index (χ0v) is 14.0. The lowest BCUT2D eigenvalue weighted by molar-refractivity contribution is 0.0605. The molecule has 6 heteroatoms. The van der Waals surface area contributed by atoms with Crippen LogP contribution in [0.3, 0.4) is 0 Å². The van der Waals surface area contributed by atoms with Crippen molar-refractivity contribution in [1.29, 1.82) is 0 Å². The minimum Gasteiger partial charge on any atom is -0.378 e. The highest BCUT2D eigenvalue weighted by atomic mass is 32.2. The van der Waals surface area contributed by atoms with Gasteiger partial charge in [-0.15, -0.1) is 23.5 Å². The summed E-state index contributed by atoms with van der Waals surface area (Å²) in [5, 5.41) is 0. The van der Waals surface area contributed by atoms with E-state index < -0.39 is 0 Å². The number of hydrogen-bond acceptors (Lipinski definition) is 6. The Kier molecular flexibility index (Phi) is 9.02. The van der Waals surface area contributed by atoms with E-state index in [0.29, 0.717) is 13.2 Å². The van der Waals surface area contributed by atoms with E-state index in [2.05, 4.69) is 9.97 Å². The van der Waals surface area contributed by atoms with Gasteiger partial charge in [0, 0.05) is 46.1 Å². The van der Waals surface area contributed by atoms with Gasteiger partial charge in [-0.1, -0.05) is 0 Å². The van der Waals surface area contributed by atoms with E-state index in [1.165, 1.54) is 9.79 Å². The van der Waals surface area contributed by atoms with Crippen LogP contribution in [0.15, 0.2) is 58.8 Å². The third kappa shape index (κ3) is 7.79. The molecule has 0 saturated carbocycles. The molecule has 2 aromatic heterocycles. The second-order valence-corrected chi connectivity index (χ2v) is 6.62. The highest BCUT2D eigenvalue weighted by Crippen LogP contribution is 2.16. The summed E-state index contributed by atoms with van der Waals surface area (Å²) in [6.45, 7) is 2.78. The fourth-order valence-electron chi connectivity index (χ4n) is 1.63. The Morgan fingerprint density at radius 3 is 1.45 bits per heavy atom. The van der Waals surface area contributed by atoms with Gasteiger partial charge in [-0.25, -0.2) is 0 Å². The molecule has 0 aliphatic carbocycles. The van der Waals surface area contributed by atoms with Crippen molar-refractivity contribution in [2.24, 2.45) is 0 Å². The number of hydrogen-bond donors (Lipinski definition) is 0. The van der Waals surface area contributed by atoms with Crippen LogP contribution in [0.5, 0.6) is 0 Å². The molecule has 118 valence electrons. The van der Waals surface area contributed by atoms with Crippen LogP contribution < -0.4 is 0 Å². The van der Waals surface area contributed by atoms with E-state index in [-0.39, 0.29) is 0 Å². The van der Waals surface area contributed by atoms with Crippen molar-refractivity contribution in [2.45, 2.75) is 9.79 Å². The van der Waals surface area contributed by atoms with Gasteiger partial charge in [0.15, 0.2) is 0 Å². The zero-order valence-electron chi connectivity index (χ0n) is 12.4. The molecular formula is C16H20N2O2S2. The quantitative estimate of drug-likeness (QED) is 0.463. The van der Waals surface area contributed by atoms with E-state index in [4.69, 9.17) is 9.47 Å². The third-order valence-electron chi connectivity index (χ3n) is 2.66. The first-order valence-electron chi connectivity index (χ1n) is 7.16. The largest absolute Gasteiger partial charge is 0.378 e. The fraction of sp³-hybridized carbons (Fsp3) is 0.375. The fourth-order valence-corrected chi connectivity index (χ4v) is 3.13. The lowest BCUT2D eigenvalue weighted by atomic mass is 10.5. The highest BCUT2D eigenvalue weighted by Gasteiger charge is 1.95. The number of rotatable bonds is 11. The first-order chi connectivity index (χ1) is 10.9.